The van der Waals surface area contributed by atoms with E-state index in [-0.39, 0.29) is 24.3 Å². The third-order valence-corrected chi connectivity index (χ3v) is 6.85. The number of rotatable bonds is 8. The molecule has 0 aliphatic carbocycles. The highest BCUT2D eigenvalue weighted by Crippen LogP contribution is 2.29. The second-order valence-electron chi connectivity index (χ2n) is 6.69. The van der Waals surface area contributed by atoms with Gasteiger partial charge in [0.2, 0.25) is 5.91 Å². The molecule has 31 heavy (non-hydrogen) atoms. The van der Waals surface area contributed by atoms with Crippen molar-refractivity contribution in [3.63, 3.8) is 0 Å². The lowest BCUT2D eigenvalue weighted by atomic mass is 10.3. The summed E-state index contributed by atoms with van der Waals surface area (Å²) in [4.78, 5) is 19.0. The van der Waals surface area contributed by atoms with Crippen LogP contribution in [0.1, 0.15) is 23.9 Å². The number of aromatic nitrogens is 3. The second-order valence-corrected chi connectivity index (χ2v) is 9.12. The highest BCUT2D eigenvalue weighted by molar-refractivity contribution is 7.99. The van der Waals surface area contributed by atoms with Crippen LogP contribution in [0.15, 0.2) is 58.2 Å². The number of hydrogen-bond donors (Lipinski definition) is 0. The molecule has 0 radical (unpaired) electrons. The summed E-state index contributed by atoms with van der Waals surface area (Å²) in [6.45, 7) is 2.11. The summed E-state index contributed by atoms with van der Waals surface area (Å²) in [5.41, 5.74) is 0.948. The third-order valence-electron chi connectivity index (χ3n) is 4.59. The van der Waals surface area contributed by atoms with Crippen molar-refractivity contribution >= 4 is 50.8 Å². The fourth-order valence-corrected chi connectivity index (χ4v) is 4.60. The van der Waals surface area contributed by atoms with Gasteiger partial charge in [-0.25, -0.2) is 4.98 Å². The predicted octanol–water partition coefficient (Wildman–Crippen LogP) is 5.22. The maximum absolute atomic E-state index is 12.6. The highest BCUT2D eigenvalue weighted by Gasteiger charge is 2.21. The molecule has 0 aliphatic rings. The largest absolute Gasteiger partial charge is 0.484 e. The van der Waals surface area contributed by atoms with Crippen LogP contribution in [0.2, 0.25) is 5.02 Å². The Kier molecular flexibility index (Phi) is 6.74. The van der Waals surface area contributed by atoms with Crippen LogP contribution >= 0.6 is 34.7 Å². The molecule has 2 heterocycles. The average Bonchev–Trinajstić information content (AvgIpc) is 3.43. The first-order valence-corrected chi connectivity index (χ1v) is 11.6. The first-order valence-electron chi connectivity index (χ1n) is 9.44. The minimum atomic E-state index is -0.128. The molecule has 0 bridgehead atoms. The van der Waals surface area contributed by atoms with Crippen LogP contribution in [0.3, 0.4) is 0 Å². The van der Waals surface area contributed by atoms with Crippen molar-refractivity contribution in [3.05, 3.63) is 64.5 Å². The van der Waals surface area contributed by atoms with Gasteiger partial charge in [0.25, 0.3) is 11.1 Å². The van der Waals surface area contributed by atoms with E-state index in [1.54, 1.807) is 47.5 Å². The van der Waals surface area contributed by atoms with Crippen molar-refractivity contribution in [2.45, 2.75) is 24.8 Å². The topological polar surface area (TPSA) is 81.4 Å². The molecular weight excluding hydrogens is 456 g/mol. The summed E-state index contributed by atoms with van der Waals surface area (Å²) in [5, 5.41) is 9.79. The van der Waals surface area contributed by atoms with Crippen LogP contribution in [0.25, 0.3) is 10.2 Å². The minimum Gasteiger partial charge on any atom is -0.484 e. The number of nitrogens with zero attached hydrogens (tertiary/aromatic N) is 4. The number of amides is 1. The summed E-state index contributed by atoms with van der Waals surface area (Å²) in [6, 6.07) is 14.8. The van der Waals surface area contributed by atoms with Gasteiger partial charge in [-0.3, -0.25) is 4.79 Å². The lowest BCUT2D eigenvalue weighted by Crippen LogP contribution is -2.31. The molecule has 0 N–H and O–H groups in total. The quantitative estimate of drug-likeness (QED) is 0.323. The first-order chi connectivity index (χ1) is 15.0. The molecule has 4 aromatic rings. The minimum absolute atomic E-state index is 0.0473. The van der Waals surface area contributed by atoms with Gasteiger partial charge in [-0.2, -0.15) is 0 Å². The molecular formula is C21H19ClN4O3S2. The summed E-state index contributed by atoms with van der Waals surface area (Å²) in [7, 11) is 1.78. The van der Waals surface area contributed by atoms with Gasteiger partial charge in [0.15, 0.2) is 6.61 Å². The number of ether oxygens (including phenoxy) is 1. The normalized spacial score (nSPS) is 12.1. The van der Waals surface area contributed by atoms with Crippen LogP contribution in [0, 0.1) is 0 Å². The molecule has 10 heteroatoms. The molecule has 2 aromatic carbocycles. The van der Waals surface area contributed by atoms with Gasteiger partial charge in [-0.15, -0.1) is 21.5 Å². The van der Waals surface area contributed by atoms with Gasteiger partial charge in [-0.1, -0.05) is 35.5 Å². The standard InChI is InChI=1S/C21H19ClN4O3S2/c1-13(20-23-16-5-3-4-6-17(16)31-20)26(2)19(27)12-30-21-25-24-18(29-21)11-28-15-9-7-14(22)8-10-15/h3-10,13H,11-12H2,1-2H3/t13-/m1/s1. The van der Waals surface area contributed by atoms with Crippen molar-refractivity contribution in [2.75, 3.05) is 12.8 Å². The summed E-state index contributed by atoms with van der Waals surface area (Å²) >= 11 is 8.65. The van der Waals surface area contributed by atoms with Gasteiger partial charge in [0.1, 0.15) is 10.8 Å². The van der Waals surface area contributed by atoms with E-state index in [0.717, 1.165) is 15.2 Å². The molecule has 0 unspecified atom stereocenters. The Labute approximate surface area is 192 Å². The first kappa shape index (κ1) is 21.6. The van der Waals surface area contributed by atoms with E-state index in [0.29, 0.717) is 21.9 Å². The number of hydrogen-bond acceptors (Lipinski definition) is 8. The Bertz CT molecular complexity index is 1150. The van der Waals surface area contributed by atoms with Crippen molar-refractivity contribution in [2.24, 2.45) is 0 Å². The van der Waals surface area contributed by atoms with Crippen LogP contribution in [0.4, 0.5) is 0 Å². The molecule has 0 spiro atoms. The monoisotopic (exact) mass is 474 g/mol. The van der Waals surface area contributed by atoms with Gasteiger partial charge in [0, 0.05) is 12.1 Å². The van der Waals surface area contributed by atoms with Crippen molar-refractivity contribution in [3.8, 4) is 5.75 Å². The molecule has 0 saturated heterocycles. The van der Waals surface area contributed by atoms with Gasteiger partial charge in [-0.05, 0) is 43.3 Å². The zero-order valence-electron chi connectivity index (χ0n) is 16.8. The number of thiazole rings is 1. The maximum atomic E-state index is 12.6. The number of carbonyl (C=O) groups is 1. The van der Waals surface area contributed by atoms with Crippen molar-refractivity contribution < 1.29 is 13.9 Å². The SMILES string of the molecule is C[C@H](c1nc2ccccc2s1)N(C)C(=O)CSc1nnc(COc2ccc(Cl)cc2)o1. The molecule has 2 aromatic heterocycles. The Morgan fingerprint density at radius 2 is 2.00 bits per heavy atom. The number of carbonyl (C=O) groups excluding carboxylic acids is 1. The smallest absolute Gasteiger partial charge is 0.277 e. The fourth-order valence-electron chi connectivity index (χ4n) is 2.71. The van der Waals surface area contributed by atoms with Gasteiger partial charge < -0.3 is 14.1 Å². The maximum Gasteiger partial charge on any atom is 0.277 e. The van der Waals surface area contributed by atoms with E-state index >= 15 is 0 Å². The zero-order chi connectivity index (χ0) is 21.8. The Hall–Kier alpha value is -2.62. The highest BCUT2D eigenvalue weighted by atomic mass is 35.5. The van der Waals surface area contributed by atoms with E-state index in [9.17, 15) is 4.79 Å². The number of thioether (sulfide) groups is 1. The van der Waals surface area contributed by atoms with Gasteiger partial charge in [0.05, 0.1) is 22.0 Å². The Balaban J connectivity index is 1.29. The second kappa shape index (κ2) is 9.67. The molecule has 7 nitrogen and oxygen atoms in total. The Morgan fingerprint density at radius 3 is 2.77 bits per heavy atom. The van der Waals surface area contributed by atoms with E-state index < -0.39 is 0 Å². The van der Waals surface area contributed by atoms with Crippen molar-refractivity contribution in [1.29, 1.82) is 0 Å². The summed E-state index contributed by atoms with van der Waals surface area (Å²) in [6.07, 6.45) is 0. The van der Waals surface area contributed by atoms with E-state index in [1.165, 1.54) is 11.8 Å². The lowest BCUT2D eigenvalue weighted by Gasteiger charge is -2.22. The van der Waals surface area contributed by atoms with Crippen LogP contribution in [-0.4, -0.2) is 38.8 Å². The lowest BCUT2D eigenvalue weighted by molar-refractivity contribution is -0.128. The number of benzene rings is 2. The van der Waals surface area contributed by atoms with Crippen LogP contribution in [-0.2, 0) is 11.4 Å². The molecule has 1 atom stereocenters. The predicted molar refractivity (Wildman–Crippen MR) is 122 cm³/mol. The number of halogens is 1. The van der Waals surface area contributed by atoms with Crippen molar-refractivity contribution in [1.82, 2.24) is 20.1 Å². The summed E-state index contributed by atoms with van der Waals surface area (Å²) in [5.74, 6) is 1.12. The Morgan fingerprint density at radius 1 is 1.23 bits per heavy atom. The molecule has 1 amide bonds. The van der Waals surface area contributed by atoms with Crippen LogP contribution < -0.4 is 4.74 Å². The molecule has 0 fully saturated rings. The van der Waals surface area contributed by atoms with E-state index in [2.05, 4.69) is 15.2 Å². The van der Waals surface area contributed by atoms with E-state index in [4.69, 9.17) is 20.8 Å². The van der Waals surface area contributed by atoms with E-state index in [1.807, 2.05) is 31.2 Å². The molecule has 0 aliphatic heterocycles. The zero-order valence-corrected chi connectivity index (χ0v) is 19.2. The summed E-state index contributed by atoms with van der Waals surface area (Å²) < 4.78 is 12.2. The average molecular weight is 475 g/mol. The fraction of sp³-hybridized carbons (Fsp3) is 0.238. The van der Waals surface area contributed by atoms with Gasteiger partial charge >= 0.3 is 0 Å². The molecule has 4 rings (SSSR count). The number of fused-ring (bicyclic) bond motifs is 1. The molecule has 0 saturated carbocycles. The number of para-hydroxylation sites is 1. The van der Waals surface area contributed by atoms with Crippen LogP contribution in [0.5, 0.6) is 5.75 Å². The molecule has 160 valence electrons. The third kappa shape index (κ3) is 5.36.